The molecule has 228 valence electrons. The van der Waals surface area contributed by atoms with Gasteiger partial charge >= 0.3 is 6.09 Å². The van der Waals surface area contributed by atoms with Gasteiger partial charge < -0.3 is 35.2 Å². The molecular formula is C33H39N3O7. The smallest absolute Gasteiger partial charge is 0.408 e. The first-order valence-electron chi connectivity index (χ1n) is 13.8. The molecular weight excluding hydrogens is 550 g/mol. The number of aliphatic hydroxyl groups excluding tert-OH is 1. The highest BCUT2D eigenvalue weighted by atomic mass is 16.6. The van der Waals surface area contributed by atoms with E-state index in [2.05, 4.69) is 17.2 Å². The summed E-state index contributed by atoms with van der Waals surface area (Å²) < 4.78 is 10.6. The van der Waals surface area contributed by atoms with Crippen LogP contribution in [-0.4, -0.2) is 64.9 Å². The Labute approximate surface area is 251 Å². The highest BCUT2D eigenvalue weighted by Gasteiger charge is 2.36. The highest BCUT2D eigenvalue weighted by Crippen LogP contribution is 2.27. The predicted octanol–water partition coefficient (Wildman–Crippen LogP) is 4.68. The van der Waals surface area contributed by atoms with E-state index in [1.54, 1.807) is 81.4 Å². The lowest BCUT2D eigenvalue weighted by molar-refractivity contribution is -0.141. The van der Waals surface area contributed by atoms with Gasteiger partial charge in [-0.15, -0.1) is 0 Å². The number of carbonyl (C=O) groups excluding carboxylic acids is 3. The van der Waals surface area contributed by atoms with Crippen molar-refractivity contribution in [3.05, 3.63) is 96.1 Å². The fraction of sp³-hybridized carbons (Fsp3) is 0.303. The molecule has 3 rings (SSSR count). The van der Waals surface area contributed by atoms with E-state index in [1.165, 1.54) is 24.1 Å². The van der Waals surface area contributed by atoms with Crippen molar-refractivity contribution >= 4 is 29.7 Å². The quantitative estimate of drug-likeness (QED) is 0.241. The minimum absolute atomic E-state index is 0.0276. The van der Waals surface area contributed by atoms with Crippen LogP contribution in [0.2, 0.25) is 0 Å². The zero-order chi connectivity index (χ0) is 31.6. The lowest BCUT2D eigenvalue weighted by Gasteiger charge is -2.34. The molecule has 0 heterocycles. The van der Waals surface area contributed by atoms with E-state index in [4.69, 9.17) is 9.47 Å². The Balaban J connectivity index is 2.05. The molecule has 0 aliphatic rings. The van der Waals surface area contributed by atoms with Crippen molar-refractivity contribution in [3.63, 3.8) is 0 Å². The molecule has 0 fully saturated rings. The van der Waals surface area contributed by atoms with E-state index in [1.807, 2.05) is 6.07 Å². The number of amides is 3. The molecule has 0 bridgehead atoms. The standard InChI is InChI=1S/C33H39N3O7/c1-6-22-8-7-9-24(20-22)29(30(39)34-25-12-16-27(42-5)17-13-25)36(18-19-37)31(40)28(35-32(41)43-33(2,3)4)21-23-10-14-26(38)15-11-23/h6-17,20,28-29,37-38H,1,18-19,21H2,2-5H3,(H,34,39)(H,35,41). The summed E-state index contributed by atoms with van der Waals surface area (Å²) in [5.41, 5.74) is 1.49. The maximum absolute atomic E-state index is 14.3. The molecule has 10 heteroatoms. The van der Waals surface area contributed by atoms with E-state index < -0.39 is 42.2 Å². The van der Waals surface area contributed by atoms with Gasteiger partial charge in [-0.1, -0.05) is 43.0 Å². The van der Waals surface area contributed by atoms with Gasteiger partial charge in [0.05, 0.1) is 13.7 Å². The zero-order valence-electron chi connectivity index (χ0n) is 24.9. The molecule has 0 aliphatic carbocycles. The molecule has 3 amide bonds. The van der Waals surface area contributed by atoms with Gasteiger partial charge in [0.25, 0.3) is 5.91 Å². The van der Waals surface area contributed by atoms with Crippen LogP contribution in [0, 0.1) is 0 Å². The van der Waals surface area contributed by atoms with E-state index >= 15 is 0 Å². The van der Waals surface area contributed by atoms with Gasteiger partial charge in [-0.25, -0.2) is 4.79 Å². The second kappa shape index (κ2) is 14.9. The molecule has 0 aromatic heterocycles. The second-order valence-electron chi connectivity index (χ2n) is 10.8. The summed E-state index contributed by atoms with van der Waals surface area (Å²) >= 11 is 0. The van der Waals surface area contributed by atoms with E-state index in [9.17, 15) is 24.6 Å². The SMILES string of the molecule is C=Cc1cccc(C(C(=O)Nc2ccc(OC)cc2)N(CCO)C(=O)C(Cc2ccc(O)cc2)NC(=O)OC(C)(C)C)c1. The van der Waals surface area contributed by atoms with Gasteiger partial charge in [0.2, 0.25) is 5.91 Å². The number of methoxy groups -OCH3 is 1. The van der Waals surface area contributed by atoms with Gasteiger partial charge in [0.1, 0.15) is 29.2 Å². The maximum atomic E-state index is 14.3. The first kappa shape index (κ1) is 32.7. The van der Waals surface area contributed by atoms with Gasteiger partial charge in [-0.05, 0) is 79.9 Å². The number of benzene rings is 3. The van der Waals surface area contributed by atoms with Gasteiger partial charge in [-0.2, -0.15) is 0 Å². The summed E-state index contributed by atoms with van der Waals surface area (Å²) in [6.45, 7) is 8.26. The number of phenolic OH excluding ortho intramolecular Hbond substituents is 1. The number of rotatable bonds is 12. The predicted molar refractivity (Wildman–Crippen MR) is 165 cm³/mol. The van der Waals surface area contributed by atoms with Gasteiger partial charge in [0.15, 0.2) is 0 Å². The number of phenols is 1. The van der Waals surface area contributed by atoms with Gasteiger partial charge in [0, 0.05) is 18.7 Å². The molecule has 0 aliphatic heterocycles. The lowest BCUT2D eigenvalue weighted by Crippen LogP contribution is -2.53. The summed E-state index contributed by atoms with van der Waals surface area (Å²) in [6.07, 6.45) is 0.832. The number of hydrogen-bond donors (Lipinski definition) is 4. The molecule has 43 heavy (non-hydrogen) atoms. The third-order valence-corrected chi connectivity index (χ3v) is 6.37. The Morgan fingerprint density at radius 3 is 2.28 bits per heavy atom. The van der Waals surface area contributed by atoms with Crippen molar-refractivity contribution in [2.45, 2.75) is 44.9 Å². The molecule has 3 aromatic carbocycles. The number of hydrogen-bond acceptors (Lipinski definition) is 7. The lowest BCUT2D eigenvalue weighted by atomic mass is 9.98. The van der Waals surface area contributed by atoms with Crippen LogP contribution in [-0.2, 0) is 20.7 Å². The number of nitrogens with one attached hydrogen (secondary N) is 2. The fourth-order valence-corrected chi connectivity index (χ4v) is 4.41. The number of anilines is 1. The monoisotopic (exact) mass is 589 g/mol. The third kappa shape index (κ3) is 9.61. The number of nitrogens with zero attached hydrogens (tertiary/aromatic N) is 1. The summed E-state index contributed by atoms with van der Waals surface area (Å²) in [5, 5.41) is 25.3. The molecule has 0 saturated carbocycles. The number of ether oxygens (including phenoxy) is 2. The van der Waals surface area contributed by atoms with E-state index in [0.29, 0.717) is 22.6 Å². The highest BCUT2D eigenvalue weighted by molar-refractivity contribution is 5.99. The van der Waals surface area contributed by atoms with Crippen molar-refractivity contribution in [2.24, 2.45) is 0 Å². The number of aromatic hydroxyl groups is 1. The minimum atomic E-state index is -1.19. The molecule has 0 saturated heterocycles. The Morgan fingerprint density at radius 1 is 1.02 bits per heavy atom. The Bertz CT molecular complexity index is 1400. The van der Waals surface area contributed by atoms with Crippen molar-refractivity contribution < 1.29 is 34.1 Å². The summed E-state index contributed by atoms with van der Waals surface area (Å²) in [6, 6.07) is 17.6. The summed E-state index contributed by atoms with van der Waals surface area (Å²) in [4.78, 5) is 42.3. The topological polar surface area (TPSA) is 137 Å². The van der Waals surface area contributed by atoms with Crippen LogP contribution in [0.4, 0.5) is 10.5 Å². The van der Waals surface area contributed by atoms with Crippen molar-refractivity contribution in [2.75, 3.05) is 25.6 Å². The first-order valence-corrected chi connectivity index (χ1v) is 13.8. The number of alkyl carbamates (subject to hydrolysis) is 1. The van der Waals surface area contributed by atoms with Crippen LogP contribution >= 0.6 is 0 Å². The van der Waals surface area contributed by atoms with Crippen LogP contribution < -0.4 is 15.4 Å². The number of carbonyl (C=O) groups is 3. The molecule has 3 aromatic rings. The Morgan fingerprint density at radius 2 is 1.70 bits per heavy atom. The molecule has 10 nitrogen and oxygen atoms in total. The van der Waals surface area contributed by atoms with E-state index in [-0.39, 0.29) is 18.7 Å². The normalized spacial score (nSPS) is 12.4. The summed E-state index contributed by atoms with van der Waals surface area (Å²) in [5.74, 6) is -0.498. The maximum Gasteiger partial charge on any atom is 0.408 e. The third-order valence-electron chi connectivity index (χ3n) is 6.37. The second-order valence-corrected chi connectivity index (χ2v) is 10.8. The average Bonchev–Trinajstić information content (AvgIpc) is 2.97. The Kier molecular flexibility index (Phi) is 11.3. The average molecular weight is 590 g/mol. The van der Waals surface area contributed by atoms with Crippen LogP contribution in [0.1, 0.15) is 43.5 Å². The zero-order valence-corrected chi connectivity index (χ0v) is 24.9. The molecule has 0 spiro atoms. The Hall–Kier alpha value is -4.83. The largest absolute Gasteiger partial charge is 0.508 e. The van der Waals surface area contributed by atoms with Gasteiger partial charge in [-0.3, -0.25) is 9.59 Å². The van der Waals surface area contributed by atoms with Crippen molar-refractivity contribution in [3.8, 4) is 11.5 Å². The van der Waals surface area contributed by atoms with Crippen molar-refractivity contribution in [1.82, 2.24) is 10.2 Å². The molecule has 2 atom stereocenters. The summed E-state index contributed by atoms with van der Waals surface area (Å²) in [7, 11) is 1.54. The van der Waals surface area contributed by atoms with Crippen LogP contribution in [0.5, 0.6) is 11.5 Å². The first-order chi connectivity index (χ1) is 20.4. The fourth-order valence-electron chi connectivity index (χ4n) is 4.41. The van der Waals surface area contributed by atoms with Crippen LogP contribution in [0.15, 0.2) is 79.4 Å². The van der Waals surface area contributed by atoms with Crippen LogP contribution in [0.25, 0.3) is 6.08 Å². The molecule has 4 N–H and O–H groups in total. The number of aliphatic hydroxyl groups is 1. The van der Waals surface area contributed by atoms with Crippen LogP contribution in [0.3, 0.4) is 0 Å². The minimum Gasteiger partial charge on any atom is -0.508 e. The van der Waals surface area contributed by atoms with Crippen molar-refractivity contribution in [1.29, 1.82) is 0 Å². The van der Waals surface area contributed by atoms with E-state index in [0.717, 1.165) is 5.56 Å². The molecule has 2 unspecified atom stereocenters. The molecule has 0 radical (unpaired) electrons.